The van der Waals surface area contributed by atoms with Gasteiger partial charge in [0.05, 0.1) is 0 Å². The minimum absolute atomic E-state index is 0.132. The fourth-order valence-corrected chi connectivity index (χ4v) is 2.33. The largest absolute Gasteiger partial charge is 0.492 e. The first kappa shape index (κ1) is 16.4. The van der Waals surface area contributed by atoms with Crippen molar-refractivity contribution < 1.29 is 9.13 Å². The predicted molar refractivity (Wildman–Crippen MR) is 84.4 cm³/mol. The fourth-order valence-electron chi connectivity index (χ4n) is 2.33. The van der Waals surface area contributed by atoms with Gasteiger partial charge in [-0.1, -0.05) is 0 Å². The highest BCUT2D eigenvalue weighted by molar-refractivity contribution is 5.22. The molecule has 0 radical (unpaired) electrons. The molecule has 1 heterocycles. The minimum Gasteiger partial charge on any atom is -0.492 e. The van der Waals surface area contributed by atoms with Crippen molar-refractivity contribution in [1.82, 2.24) is 15.3 Å². The van der Waals surface area contributed by atoms with Crippen molar-refractivity contribution >= 4 is 0 Å². The molecule has 0 aliphatic rings. The van der Waals surface area contributed by atoms with Crippen molar-refractivity contribution in [2.75, 3.05) is 6.61 Å². The summed E-state index contributed by atoms with van der Waals surface area (Å²) >= 11 is 0. The van der Waals surface area contributed by atoms with E-state index < -0.39 is 0 Å². The molecule has 22 heavy (non-hydrogen) atoms. The molecule has 0 bridgehead atoms. The monoisotopic (exact) mass is 303 g/mol. The van der Waals surface area contributed by atoms with Crippen molar-refractivity contribution in [1.29, 1.82) is 0 Å². The van der Waals surface area contributed by atoms with Crippen LogP contribution >= 0.6 is 0 Å². The van der Waals surface area contributed by atoms with E-state index in [4.69, 9.17) is 4.74 Å². The first-order valence-electron chi connectivity index (χ1n) is 7.40. The topological polar surface area (TPSA) is 47.0 Å². The standard InChI is InChI=1S/C17H22FN3O/c1-11(10-22-16-7-5-15(18)6-8-16)20-12(2)17-9-19-14(4)21-13(17)3/h5-9,11-12,20H,10H2,1-4H3/t11-,12-/m0/s1. The summed E-state index contributed by atoms with van der Waals surface area (Å²) < 4.78 is 18.5. The van der Waals surface area contributed by atoms with Gasteiger partial charge in [-0.05, 0) is 52.0 Å². The lowest BCUT2D eigenvalue weighted by Crippen LogP contribution is -2.34. The number of nitrogens with zero attached hydrogens (tertiary/aromatic N) is 2. The lowest BCUT2D eigenvalue weighted by Gasteiger charge is -2.21. The van der Waals surface area contributed by atoms with Crippen LogP contribution in [0.15, 0.2) is 30.5 Å². The molecule has 1 aromatic carbocycles. The average Bonchev–Trinajstić information content (AvgIpc) is 2.46. The van der Waals surface area contributed by atoms with Gasteiger partial charge in [-0.2, -0.15) is 0 Å². The smallest absolute Gasteiger partial charge is 0.125 e. The molecule has 0 aliphatic carbocycles. The van der Waals surface area contributed by atoms with Crippen LogP contribution < -0.4 is 10.1 Å². The molecule has 0 fully saturated rings. The molecule has 1 aromatic heterocycles. The van der Waals surface area contributed by atoms with Crippen molar-refractivity contribution in [2.45, 2.75) is 39.8 Å². The van der Waals surface area contributed by atoms with Gasteiger partial charge in [0, 0.05) is 29.5 Å². The molecule has 4 nitrogen and oxygen atoms in total. The van der Waals surface area contributed by atoms with E-state index >= 15 is 0 Å². The Bertz CT molecular complexity index is 616. The first-order chi connectivity index (χ1) is 10.5. The molecule has 5 heteroatoms. The van der Waals surface area contributed by atoms with Crippen LogP contribution in [0.3, 0.4) is 0 Å². The Morgan fingerprint density at radius 3 is 2.50 bits per heavy atom. The summed E-state index contributed by atoms with van der Waals surface area (Å²) in [5.74, 6) is 1.18. The van der Waals surface area contributed by atoms with Crippen molar-refractivity contribution in [3.63, 3.8) is 0 Å². The third-order valence-electron chi connectivity index (χ3n) is 3.45. The Hall–Kier alpha value is -2.01. The highest BCUT2D eigenvalue weighted by Gasteiger charge is 2.13. The van der Waals surface area contributed by atoms with Crippen LogP contribution in [0.4, 0.5) is 4.39 Å². The van der Waals surface area contributed by atoms with E-state index in [0.717, 1.165) is 17.1 Å². The third-order valence-corrected chi connectivity index (χ3v) is 3.45. The highest BCUT2D eigenvalue weighted by Crippen LogP contribution is 2.16. The Labute approximate surface area is 130 Å². The molecular formula is C17H22FN3O. The number of nitrogens with one attached hydrogen (secondary N) is 1. The summed E-state index contributed by atoms with van der Waals surface area (Å²) in [6, 6.07) is 6.31. The first-order valence-corrected chi connectivity index (χ1v) is 7.40. The quantitative estimate of drug-likeness (QED) is 0.889. The number of ether oxygens (including phenoxy) is 1. The van der Waals surface area contributed by atoms with Crippen LogP contribution in [0.5, 0.6) is 5.75 Å². The van der Waals surface area contributed by atoms with Gasteiger partial charge in [0.15, 0.2) is 0 Å². The summed E-state index contributed by atoms with van der Waals surface area (Å²) in [4.78, 5) is 8.64. The summed E-state index contributed by atoms with van der Waals surface area (Å²) in [6.45, 7) is 8.50. The Morgan fingerprint density at radius 1 is 1.18 bits per heavy atom. The molecule has 1 N–H and O–H groups in total. The molecule has 2 aromatic rings. The number of aromatic nitrogens is 2. The van der Waals surface area contributed by atoms with E-state index in [1.807, 2.05) is 27.0 Å². The molecule has 0 spiro atoms. The van der Waals surface area contributed by atoms with Gasteiger partial charge >= 0.3 is 0 Å². The zero-order valence-corrected chi connectivity index (χ0v) is 13.4. The van der Waals surface area contributed by atoms with E-state index in [1.54, 1.807) is 12.1 Å². The molecule has 118 valence electrons. The number of hydrogen-bond donors (Lipinski definition) is 1. The number of hydrogen-bond acceptors (Lipinski definition) is 4. The van der Waals surface area contributed by atoms with Gasteiger partial charge in [-0.15, -0.1) is 0 Å². The lowest BCUT2D eigenvalue weighted by molar-refractivity contribution is 0.263. The maximum atomic E-state index is 12.8. The zero-order valence-electron chi connectivity index (χ0n) is 13.4. The van der Waals surface area contributed by atoms with Crippen LogP contribution in [0.1, 0.15) is 37.0 Å². The fraction of sp³-hybridized carbons (Fsp3) is 0.412. The van der Waals surface area contributed by atoms with Crippen molar-refractivity contribution in [2.24, 2.45) is 0 Å². The SMILES string of the molecule is Cc1ncc([C@H](C)N[C@@H](C)COc2ccc(F)cc2)c(C)n1. The molecule has 2 rings (SSSR count). The van der Waals surface area contributed by atoms with Gasteiger partial charge in [-0.25, -0.2) is 14.4 Å². The molecule has 0 aliphatic heterocycles. The second-order valence-electron chi connectivity index (χ2n) is 5.51. The average molecular weight is 303 g/mol. The van der Waals surface area contributed by atoms with Crippen molar-refractivity contribution in [3.8, 4) is 5.75 Å². The van der Waals surface area contributed by atoms with Crippen LogP contribution in [0, 0.1) is 19.7 Å². The number of halogens is 1. The normalized spacial score (nSPS) is 13.7. The van der Waals surface area contributed by atoms with E-state index in [2.05, 4.69) is 22.2 Å². The van der Waals surface area contributed by atoms with E-state index in [1.165, 1.54) is 12.1 Å². The maximum Gasteiger partial charge on any atom is 0.125 e. The highest BCUT2D eigenvalue weighted by atomic mass is 19.1. The molecule has 0 saturated heterocycles. The second kappa shape index (κ2) is 7.31. The molecule has 0 amide bonds. The lowest BCUT2D eigenvalue weighted by atomic mass is 10.1. The second-order valence-corrected chi connectivity index (χ2v) is 5.51. The van der Waals surface area contributed by atoms with E-state index in [9.17, 15) is 4.39 Å². The molecule has 0 saturated carbocycles. The van der Waals surface area contributed by atoms with Crippen LogP contribution in [0.25, 0.3) is 0 Å². The van der Waals surface area contributed by atoms with Gasteiger partial charge in [0.25, 0.3) is 0 Å². The number of aryl methyl sites for hydroxylation is 2. The summed E-state index contributed by atoms with van der Waals surface area (Å²) in [5, 5.41) is 3.46. The third kappa shape index (κ3) is 4.49. The van der Waals surface area contributed by atoms with Gasteiger partial charge in [-0.3, -0.25) is 0 Å². The predicted octanol–water partition coefficient (Wildman–Crippen LogP) is 3.35. The van der Waals surface area contributed by atoms with Crippen molar-refractivity contribution in [3.05, 3.63) is 53.4 Å². The van der Waals surface area contributed by atoms with E-state index in [0.29, 0.717) is 12.4 Å². The minimum atomic E-state index is -0.262. The zero-order chi connectivity index (χ0) is 16.1. The number of benzene rings is 1. The van der Waals surface area contributed by atoms with Crippen LogP contribution in [0.2, 0.25) is 0 Å². The maximum absolute atomic E-state index is 12.8. The van der Waals surface area contributed by atoms with Gasteiger partial charge in [0.2, 0.25) is 0 Å². The molecular weight excluding hydrogens is 281 g/mol. The summed E-state index contributed by atoms with van der Waals surface area (Å²) in [6.07, 6.45) is 1.86. The molecule has 2 atom stereocenters. The molecule has 0 unspecified atom stereocenters. The van der Waals surface area contributed by atoms with Gasteiger partial charge in [0.1, 0.15) is 24.0 Å². The number of rotatable bonds is 6. The van der Waals surface area contributed by atoms with Crippen LogP contribution in [-0.4, -0.2) is 22.6 Å². The Balaban J connectivity index is 1.88. The summed E-state index contributed by atoms with van der Waals surface area (Å²) in [7, 11) is 0. The Kier molecular flexibility index (Phi) is 5.44. The summed E-state index contributed by atoms with van der Waals surface area (Å²) in [5.41, 5.74) is 2.07. The van der Waals surface area contributed by atoms with Crippen LogP contribution in [-0.2, 0) is 0 Å². The van der Waals surface area contributed by atoms with Gasteiger partial charge < -0.3 is 10.1 Å². The van der Waals surface area contributed by atoms with E-state index in [-0.39, 0.29) is 17.9 Å². The Morgan fingerprint density at radius 2 is 1.86 bits per heavy atom.